The van der Waals surface area contributed by atoms with Crippen molar-refractivity contribution in [1.82, 2.24) is 0 Å². The van der Waals surface area contributed by atoms with Gasteiger partial charge in [0.2, 0.25) is 0 Å². The molecular weight excluding hydrogens is 805 g/mol. The van der Waals surface area contributed by atoms with Gasteiger partial charge >= 0.3 is 17.9 Å². The molecule has 6 heteroatoms. The molecule has 0 aliphatic rings. The van der Waals surface area contributed by atoms with Crippen LogP contribution in [0.5, 0.6) is 0 Å². The molecule has 0 amide bonds. The smallest absolute Gasteiger partial charge is 0.306 e. The zero-order chi connectivity index (χ0) is 47.2. The minimum Gasteiger partial charge on any atom is -0.462 e. The highest BCUT2D eigenvalue weighted by Crippen LogP contribution is 2.16. The van der Waals surface area contributed by atoms with E-state index in [9.17, 15) is 14.4 Å². The molecule has 0 aromatic heterocycles. The molecule has 6 nitrogen and oxygen atoms in total. The fourth-order valence-corrected chi connectivity index (χ4v) is 8.10. The molecule has 65 heavy (non-hydrogen) atoms. The minimum absolute atomic E-state index is 0.0805. The van der Waals surface area contributed by atoms with Crippen LogP contribution in [-0.4, -0.2) is 37.2 Å². The van der Waals surface area contributed by atoms with Gasteiger partial charge in [-0.3, -0.25) is 14.4 Å². The van der Waals surface area contributed by atoms with E-state index in [-0.39, 0.29) is 31.1 Å². The Hall–Kier alpha value is -2.63. The van der Waals surface area contributed by atoms with Crippen LogP contribution in [0.15, 0.2) is 48.6 Å². The van der Waals surface area contributed by atoms with Crippen molar-refractivity contribution in [2.45, 2.75) is 297 Å². The summed E-state index contributed by atoms with van der Waals surface area (Å²) in [5, 5.41) is 0. The Bertz CT molecular complexity index is 1140. The highest BCUT2D eigenvalue weighted by Gasteiger charge is 2.19. The van der Waals surface area contributed by atoms with Gasteiger partial charge in [-0.15, -0.1) is 0 Å². The molecule has 0 aliphatic carbocycles. The number of esters is 3. The predicted octanol–water partition coefficient (Wildman–Crippen LogP) is 18.7. The van der Waals surface area contributed by atoms with Crippen molar-refractivity contribution in [1.29, 1.82) is 0 Å². The van der Waals surface area contributed by atoms with Gasteiger partial charge in [-0.05, 0) is 77.0 Å². The average Bonchev–Trinajstić information content (AvgIpc) is 3.30. The van der Waals surface area contributed by atoms with Gasteiger partial charge in [-0.2, -0.15) is 0 Å². The fourth-order valence-electron chi connectivity index (χ4n) is 8.10. The van der Waals surface area contributed by atoms with Crippen molar-refractivity contribution < 1.29 is 28.6 Å². The maximum atomic E-state index is 12.8. The lowest BCUT2D eigenvalue weighted by Gasteiger charge is -2.18. The summed E-state index contributed by atoms with van der Waals surface area (Å²) in [6.07, 6.45) is 65.3. The molecule has 0 radical (unpaired) electrons. The molecule has 0 aromatic rings. The third kappa shape index (κ3) is 52.2. The Balaban J connectivity index is 4.35. The standard InChI is InChI=1S/C59H106O6/c1-4-7-10-13-16-19-22-25-27-28-29-30-32-35-38-41-44-47-50-53-59(62)65-56(54-63-57(60)51-48-45-42-39-36-33-24-21-18-15-12-9-6-3)55-64-58(61)52-49-46-43-40-37-34-31-26-23-20-17-14-11-8-5-2/h8,11,17,20-21,24,26,31,56H,4-7,9-10,12-16,18-19,22-23,25,27-30,32-55H2,1-3H3/b11-8-,20-17-,24-21-,31-26-/t56-/m0/s1. The SMILES string of the molecule is CC/C=C\C/C=C\C/C=C\CCCCCCCC(=O)OC[C@H](COC(=O)CCCCCCC/C=C\CCCCCC)OC(=O)CCCCCCCCCCCCCCCCCCCCC. The molecule has 0 spiro atoms. The molecule has 0 unspecified atom stereocenters. The average molecular weight is 911 g/mol. The summed E-state index contributed by atoms with van der Waals surface area (Å²) < 4.78 is 16.8. The summed E-state index contributed by atoms with van der Waals surface area (Å²) in [5.74, 6) is -0.892. The number of ether oxygens (including phenoxy) is 3. The first-order valence-electron chi connectivity index (χ1n) is 28.1. The fraction of sp³-hybridized carbons (Fsp3) is 0.814. The zero-order valence-corrected chi connectivity index (χ0v) is 43.3. The topological polar surface area (TPSA) is 78.9 Å². The van der Waals surface area contributed by atoms with E-state index in [1.165, 1.54) is 148 Å². The van der Waals surface area contributed by atoms with Crippen LogP contribution < -0.4 is 0 Å². The molecular formula is C59H106O6. The van der Waals surface area contributed by atoms with Gasteiger partial charge in [0.05, 0.1) is 0 Å². The first kappa shape index (κ1) is 62.4. The summed E-state index contributed by atoms with van der Waals surface area (Å²) in [4.78, 5) is 38.1. The highest BCUT2D eigenvalue weighted by atomic mass is 16.6. The van der Waals surface area contributed by atoms with Crippen LogP contribution in [0.25, 0.3) is 0 Å². The van der Waals surface area contributed by atoms with E-state index in [1.807, 2.05) is 0 Å². The van der Waals surface area contributed by atoms with Gasteiger partial charge in [0.1, 0.15) is 13.2 Å². The first-order chi connectivity index (χ1) is 32.0. The Morgan fingerprint density at radius 3 is 0.969 bits per heavy atom. The van der Waals surface area contributed by atoms with E-state index in [0.717, 1.165) is 103 Å². The van der Waals surface area contributed by atoms with Crippen molar-refractivity contribution in [3.8, 4) is 0 Å². The number of rotatable bonds is 51. The lowest BCUT2D eigenvalue weighted by molar-refractivity contribution is -0.167. The van der Waals surface area contributed by atoms with E-state index in [4.69, 9.17) is 14.2 Å². The van der Waals surface area contributed by atoms with Gasteiger partial charge < -0.3 is 14.2 Å². The third-order valence-electron chi connectivity index (χ3n) is 12.3. The first-order valence-corrected chi connectivity index (χ1v) is 28.1. The molecule has 0 rings (SSSR count). The Kier molecular flexibility index (Phi) is 51.8. The van der Waals surface area contributed by atoms with Crippen molar-refractivity contribution in [3.05, 3.63) is 48.6 Å². The molecule has 0 fully saturated rings. The van der Waals surface area contributed by atoms with Crippen LogP contribution >= 0.6 is 0 Å². The molecule has 0 saturated heterocycles. The summed E-state index contributed by atoms with van der Waals surface area (Å²) in [6.45, 7) is 6.52. The van der Waals surface area contributed by atoms with E-state index < -0.39 is 6.10 Å². The lowest BCUT2D eigenvalue weighted by Crippen LogP contribution is -2.30. The van der Waals surface area contributed by atoms with Crippen molar-refractivity contribution in [2.24, 2.45) is 0 Å². The van der Waals surface area contributed by atoms with Crippen LogP contribution in [-0.2, 0) is 28.6 Å². The van der Waals surface area contributed by atoms with Crippen LogP contribution in [0.4, 0.5) is 0 Å². The van der Waals surface area contributed by atoms with Gasteiger partial charge in [-0.25, -0.2) is 0 Å². The molecule has 0 saturated carbocycles. The molecule has 0 N–H and O–H groups in total. The quantitative estimate of drug-likeness (QED) is 0.0262. The van der Waals surface area contributed by atoms with Crippen molar-refractivity contribution in [2.75, 3.05) is 13.2 Å². The summed E-state index contributed by atoms with van der Waals surface area (Å²) in [5.41, 5.74) is 0. The maximum Gasteiger partial charge on any atom is 0.306 e. The number of carbonyl (C=O) groups excluding carboxylic acids is 3. The molecule has 378 valence electrons. The maximum absolute atomic E-state index is 12.8. The van der Waals surface area contributed by atoms with E-state index in [0.29, 0.717) is 19.3 Å². The third-order valence-corrected chi connectivity index (χ3v) is 12.3. The minimum atomic E-state index is -0.781. The van der Waals surface area contributed by atoms with Crippen molar-refractivity contribution >= 4 is 17.9 Å². The molecule has 1 atom stereocenters. The van der Waals surface area contributed by atoms with Crippen LogP contribution in [0, 0.1) is 0 Å². The summed E-state index contributed by atoms with van der Waals surface area (Å²) in [7, 11) is 0. The summed E-state index contributed by atoms with van der Waals surface area (Å²) >= 11 is 0. The second-order valence-corrected chi connectivity index (χ2v) is 18.8. The van der Waals surface area contributed by atoms with Crippen LogP contribution in [0.2, 0.25) is 0 Å². The lowest BCUT2D eigenvalue weighted by atomic mass is 10.0. The van der Waals surface area contributed by atoms with Crippen molar-refractivity contribution in [3.63, 3.8) is 0 Å². The number of carbonyl (C=O) groups is 3. The number of hydrogen-bond acceptors (Lipinski definition) is 6. The second kappa shape index (κ2) is 54.0. The number of allylic oxidation sites excluding steroid dienone is 8. The van der Waals surface area contributed by atoms with Crippen LogP contribution in [0.1, 0.15) is 290 Å². The van der Waals surface area contributed by atoms with E-state index in [1.54, 1.807) is 0 Å². The van der Waals surface area contributed by atoms with Gasteiger partial charge in [0, 0.05) is 19.3 Å². The normalized spacial score (nSPS) is 12.4. The van der Waals surface area contributed by atoms with Gasteiger partial charge in [0.25, 0.3) is 0 Å². The molecule has 0 bridgehead atoms. The van der Waals surface area contributed by atoms with Gasteiger partial charge in [-0.1, -0.05) is 243 Å². The Morgan fingerprint density at radius 1 is 0.323 bits per heavy atom. The second-order valence-electron chi connectivity index (χ2n) is 18.8. The number of hydrogen-bond donors (Lipinski definition) is 0. The molecule has 0 aromatic carbocycles. The summed E-state index contributed by atoms with van der Waals surface area (Å²) in [6, 6.07) is 0. The predicted molar refractivity (Wildman–Crippen MR) is 279 cm³/mol. The van der Waals surface area contributed by atoms with E-state index >= 15 is 0 Å². The van der Waals surface area contributed by atoms with Gasteiger partial charge in [0.15, 0.2) is 6.10 Å². The zero-order valence-electron chi connectivity index (χ0n) is 43.3. The van der Waals surface area contributed by atoms with E-state index in [2.05, 4.69) is 69.4 Å². The largest absolute Gasteiger partial charge is 0.462 e. The molecule has 0 aliphatic heterocycles. The highest BCUT2D eigenvalue weighted by molar-refractivity contribution is 5.71. The Morgan fingerprint density at radius 2 is 0.600 bits per heavy atom. The number of unbranched alkanes of at least 4 members (excludes halogenated alkanes) is 32. The van der Waals surface area contributed by atoms with Crippen LogP contribution in [0.3, 0.4) is 0 Å². The molecule has 0 heterocycles. The monoisotopic (exact) mass is 911 g/mol. The Labute approximate surface area is 403 Å².